The molecule has 0 aromatic heterocycles. The molecule has 6 heteroatoms. The molecule has 1 rings (SSSR count). The smallest absolute Gasteiger partial charge is 0.269 e. The summed E-state index contributed by atoms with van der Waals surface area (Å²) in [5, 5.41) is 13.0. The predicted octanol–water partition coefficient (Wildman–Crippen LogP) is 1.94. The van der Waals surface area contributed by atoms with Crippen molar-refractivity contribution in [1.82, 2.24) is 5.32 Å². The largest absolute Gasteiger partial charge is 0.345 e. The number of amides is 1. The van der Waals surface area contributed by atoms with Crippen molar-refractivity contribution in [3.8, 4) is 0 Å². The maximum absolute atomic E-state index is 11.7. The predicted molar refractivity (Wildman–Crippen MR) is 69.9 cm³/mol. The van der Waals surface area contributed by atoms with Gasteiger partial charge in [0.1, 0.15) is 0 Å². The first-order chi connectivity index (χ1) is 8.71. The molecule has 1 aromatic carbocycles. The van der Waals surface area contributed by atoms with Gasteiger partial charge in [0, 0.05) is 23.1 Å². The zero-order valence-corrected chi connectivity index (χ0v) is 11.1. The van der Waals surface area contributed by atoms with Crippen molar-refractivity contribution >= 4 is 17.4 Å². The minimum absolute atomic E-state index is 0.0562. The monoisotopic (exact) mass is 264 g/mol. The number of carbonyl (C=O) groups is 2. The highest BCUT2D eigenvalue weighted by molar-refractivity contribution is 5.97. The van der Waals surface area contributed by atoms with Crippen LogP contribution in [-0.4, -0.2) is 23.2 Å². The summed E-state index contributed by atoms with van der Waals surface area (Å²) >= 11 is 0. The first-order valence-corrected chi connectivity index (χ1v) is 5.78. The highest BCUT2D eigenvalue weighted by Gasteiger charge is 2.21. The van der Waals surface area contributed by atoms with Gasteiger partial charge in [-0.05, 0) is 12.1 Å². The molecule has 0 bridgehead atoms. The molecule has 0 aliphatic heterocycles. The van der Waals surface area contributed by atoms with Gasteiger partial charge in [-0.3, -0.25) is 19.7 Å². The van der Waals surface area contributed by atoms with Gasteiger partial charge in [-0.25, -0.2) is 0 Å². The molecular formula is C13H16N2O4. The van der Waals surface area contributed by atoms with Gasteiger partial charge in [0.05, 0.1) is 11.5 Å². The number of nitrogens with zero attached hydrogens (tertiary/aromatic N) is 1. The van der Waals surface area contributed by atoms with Crippen molar-refractivity contribution in [3.05, 3.63) is 39.9 Å². The summed E-state index contributed by atoms with van der Waals surface area (Å²) in [6.45, 7) is 5.26. The fourth-order valence-corrected chi connectivity index (χ4v) is 1.26. The molecule has 0 spiro atoms. The van der Waals surface area contributed by atoms with Gasteiger partial charge in [0.25, 0.3) is 11.6 Å². The second kappa shape index (κ2) is 5.60. The zero-order valence-electron chi connectivity index (χ0n) is 11.1. The van der Waals surface area contributed by atoms with Gasteiger partial charge in [-0.15, -0.1) is 0 Å². The van der Waals surface area contributed by atoms with E-state index in [-0.39, 0.29) is 23.6 Å². The Morgan fingerprint density at radius 1 is 1.21 bits per heavy atom. The summed E-state index contributed by atoms with van der Waals surface area (Å²) in [7, 11) is 0. The maximum atomic E-state index is 11.7. The van der Waals surface area contributed by atoms with E-state index in [4.69, 9.17) is 0 Å². The average Bonchev–Trinajstić information content (AvgIpc) is 2.34. The molecule has 1 N–H and O–H groups in total. The van der Waals surface area contributed by atoms with Crippen LogP contribution < -0.4 is 5.32 Å². The summed E-state index contributed by atoms with van der Waals surface area (Å²) in [4.78, 5) is 33.3. The second-order valence-corrected chi connectivity index (χ2v) is 5.16. The zero-order chi connectivity index (χ0) is 14.6. The fourth-order valence-electron chi connectivity index (χ4n) is 1.26. The lowest BCUT2D eigenvalue weighted by Crippen LogP contribution is -2.35. The van der Waals surface area contributed by atoms with Gasteiger partial charge in [-0.2, -0.15) is 0 Å². The van der Waals surface area contributed by atoms with E-state index < -0.39 is 16.2 Å². The Kier molecular flexibility index (Phi) is 4.37. The van der Waals surface area contributed by atoms with E-state index in [1.54, 1.807) is 20.8 Å². The Labute approximate surface area is 111 Å². The Bertz CT molecular complexity index is 500. The number of nitrogens with one attached hydrogen (secondary N) is 1. The third kappa shape index (κ3) is 4.17. The molecule has 19 heavy (non-hydrogen) atoms. The quantitative estimate of drug-likeness (QED) is 0.664. The third-order valence-corrected chi connectivity index (χ3v) is 2.59. The van der Waals surface area contributed by atoms with Crippen molar-refractivity contribution in [2.45, 2.75) is 20.8 Å². The van der Waals surface area contributed by atoms with Crippen LogP contribution in [0.4, 0.5) is 5.69 Å². The molecule has 0 saturated heterocycles. The summed E-state index contributed by atoms with van der Waals surface area (Å²) in [6.07, 6.45) is 0. The molecule has 6 nitrogen and oxygen atoms in total. The van der Waals surface area contributed by atoms with Gasteiger partial charge in [-0.1, -0.05) is 20.8 Å². The van der Waals surface area contributed by atoms with Crippen LogP contribution in [0.15, 0.2) is 24.3 Å². The molecule has 0 aliphatic rings. The topological polar surface area (TPSA) is 89.3 Å². The number of hydrogen-bond donors (Lipinski definition) is 1. The molecule has 0 fully saturated rings. The minimum Gasteiger partial charge on any atom is -0.345 e. The average molecular weight is 264 g/mol. The van der Waals surface area contributed by atoms with Crippen molar-refractivity contribution in [3.63, 3.8) is 0 Å². The van der Waals surface area contributed by atoms with E-state index in [1.165, 1.54) is 24.3 Å². The third-order valence-electron chi connectivity index (χ3n) is 2.59. The standard InChI is InChI=1S/C13H16N2O4/c1-13(2,3)11(16)8-14-12(17)9-4-6-10(7-5-9)15(18)19/h4-7H,8H2,1-3H3,(H,14,17). The first-order valence-electron chi connectivity index (χ1n) is 5.78. The summed E-state index contributed by atoms with van der Waals surface area (Å²) in [5.41, 5.74) is -0.308. The normalized spacial score (nSPS) is 10.9. The van der Waals surface area contributed by atoms with Crippen LogP contribution in [0.2, 0.25) is 0 Å². The second-order valence-electron chi connectivity index (χ2n) is 5.16. The van der Waals surface area contributed by atoms with Crippen molar-refractivity contribution in [2.75, 3.05) is 6.54 Å². The fraction of sp³-hybridized carbons (Fsp3) is 0.385. The molecule has 0 aliphatic carbocycles. The summed E-state index contributed by atoms with van der Waals surface area (Å²) in [6, 6.07) is 5.21. The Balaban J connectivity index is 2.64. The minimum atomic E-state index is -0.537. The molecule has 0 radical (unpaired) electrons. The molecule has 0 heterocycles. The number of non-ortho nitro benzene ring substituents is 1. The number of rotatable bonds is 4. The van der Waals surface area contributed by atoms with Crippen LogP contribution >= 0.6 is 0 Å². The van der Waals surface area contributed by atoms with E-state index in [0.29, 0.717) is 0 Å². The van der Waals surface area contributed by atoms with Crippen molar-refractivity contribution in [2.24, 2.45) is 5.41 Å². The van der Waals surface area contributed by atoms with Crippen LogP contribution in [0.5, 0.6) is 0 Å². The molecule has 1 aromatic rings. The van der Waals surface area contributed by atoms with E-state index in [1.807, 2.05) is 0 Å². The Morgan fingerprint density at radius 3 is 2.16 bits per heavy atom. The maximum Gasteiger partial charge on any atom is 0.269 e. The lowest BCUT2D eigenvalue weighted by Gasteiger charge is -2.16. The van der Waals surface area contributed by atoms with Crippen molar-refractivity contribution in [1.29, 1.82) is 0 Å². The molecule has 0 saturated carbocycles. The number of ketones is 1. The Morgan fingerprint density at radius 2 is 1.74 bits per heavy atom. The Hall–Kier alpha value is -2.24. The lowest BCUT2D eigenvalue weighted by molar-refractivity contribution is -0.384. The van der Waals surface area contributed by atoms with Gasteiger partial charge >= 0.3 is 0 Å². The molecule has 0 unspecified atom stereocenters. The highest BCUT2D eigenvalue weighted by atomic mass is 16.6. The van der Waals surface area contributed by atoms with E-state index in [9.17, 15) is 19.7 Å². The van der Waals surface area contributed by atoms with Crippen LogP contribution in [-0.2, 0) is 4.79 Å². The number of nitro groups is 1. The van der Waals surface area contributed by atoms with Crippen LogP contribution in [0.1, 0.15) is 31.1 Å². The molecule has 0 atom stereocenters. The molecule has 1 amide bonds. The van der Waals surface area contributed by atoms with Crippen LogP contribution in [0.3, 0.4) is 0 Å². The van der Waals surface area contributed by atoms with Crippen LogP contribution in [0, 0.1) is 15.5 Å². The first kappa shape index (κ1) is 14.8. The van der Waals surface area contributed by atoms with E-state index >= 15 is 0 Å². The highest BCUT2D eigenvalue weighted by Crippen LogP contribution is 2.14. The SMILES string of the molecule is CC(C)(C)C(=O)CNC(=O)c1ccc([N+](=O)[O-])cc1. The molecular weight excluding hydrogens is 248 g/mol. The lowest BCUT2D eigenvalue weighted by atomic mass is 9.91. The number of hydrogen-bond acceptors (Lipinski definition) is 4. The number of carbonyl (C=O) groups excluding carboxylic acids is 2. The van der Waals surface area contributed by atoms with E-state index in [2.05, 4.69) is 5.32 Å². The van der Waals surface area contributed by atoms with E-state index in [0.717, 1.165) is 0 Å². The summed E-state index contributed by atoms with van der Waals surface area (Å²) < 4.78 is 0. The van der Waals surface area contributed by atoms with Gasteiger partial charge < -0.3 is 5.32 Å². The number of benzene rings is 1. The summed E-state index contributed by atoms with van der Waals surface area (Å²) in [5.74, 6) is -0.504. The number of nitro benzene ring substituents is 1. The number of Topliss-reactive ketones (excluding diaryl/α,β-unsaturated/α-hetero) is 1. The molecule has 102 valence electrons. The van der Waals surface area contributed by atoms with Gasteiger partial charge in [0.15, 0.2) is 5.78 Å². The van der Waals surface area contributed by atoms with Gasteiger partial charge in [0.2, 0.25) is 0 Å². The van der Waals surface area contributed by atoms with Crippen LogP contribution in [0.25, 0.3) is 0 Å². The van der Waals surface area contributed by atoms with Crippen molar-refractivity contribution < 1.29 is 14.5 Å².